The van der Waals surface area contributed by atoms with Crippen molar-refractivity contribution in [3.05, 3.63) is 16.0 Å². The molecule has 2 rings (SSSR count). The van der Waals surface area contributed by atoms with E-state index < -0.39 is 5.91 Å². The van der Waals surface area contributed by atoms with Gasteiger partial charge in [0.05, 0.1) is 5.56 Å². The van der Waals surface area contributed by atoms with Crippen molar-refractivity contribution in [2.24, 2.45) is 22.8 Å². The molecule has 1 heterocycles. The Labute approximate surface area is 135 Å². The lowest BCUT2D eigenvalue weighted by Gasteiger charge is -2.33. The fourth-order valence-electron chi connectivity index (χ4n) is 2.99. The Kier molecular flexibility index (Phi) is 4.92. The highest BCUT2D eigenvalue weighted by Crippen LogP contribution is 2.44. The first kappa shape index (κ1) is 17.0. The van der Waals surface area contributed by atoms with Gasteiger partial charge in [-0.05, 0) is 36.2 Å². The van der Waals surface area contributed by atoms with Gasteiger partial charge in [0.15, 0.2) is 0 Å². The summed E-state index contributed by atoms with van der Waals surface area (Å²) in [5.74, 6) is -0.0577. The van der Waals surface area contributed by atoms with Gasteiger partial charge in [-0.25, -0.2) is 0 Å². The number of fused-ring (bicyclic) bond motifs is 1. The van der Waals surface area contributed by atoms with Crippen LogP contribution in [0.25, 0.3) is 0 Å². The van der Waals surface area contributed by atoms with Crippen LogP contribution in [0.2, 0.25) is 0 Å². The molecule has 1 atom stereocenters. The summed E-state index contributed by atoms with van der Waals surface area (Å²) >= 11 is 1.49. The molecule has 0 aliphatic heterocycles. The van der Waals surface area contributed by atoms with Crippen molar-refractivity contribution in [1.29, 1.82) is 0 Å². The van der Waals surface area contributed by atoms with Crippen molar-refractivity contribution in [2.45, 2.75) is 46.5 Å². The largest absolute Gasteiger partial charge is 0.365 e. The smallest absolute Gasteiger partial charge is 0.251 e. The van der Waals surface area contributed by atoms with Crippen LogP contribution in [0.1, 0.15) is 54.4 Å². The van der Waals surface area contributed by atoms with Crippen molar-refractivity contribution in [2.75, 3.05) is 11.9 Å². The number of thiophene rings is 1. The Balaban J connectivity index is 2.32. The number of hydrogen-bond donors (Lipinski definition) is 3. The SMILES string of the molecule is CC(C)(C)C1CCc2c(sc(NC(=O)CCN)c2C(N)=O)C1. The maximum atomic E-state index is 11.8. The Hall–Kier alpha value is -1.40. The molecule has 22 heavy (non-hydrogen) atoms. The average molecular weight is 323 g/mol. The predicted octanol–water partition coefficient (Wildman–Crippen LogP) is 2.29. The van der Waals surface area contributed by atoms with E-state index in [0.29, 0.717) is 16.5 Å². The average Bonchev–Trinajstić information content (AvgIpc) is 2.74. The van der Waals surface area contributed by atoms with Gasteiger partial charge in [0, 0.05) is 17.8 Å². The number of carbonyl (C=O) groups excluding carboxylic acids is 2. The number of primary amides is 1. The molecule has 0 radical (unpaired) electrons. The molecule has 0 bridgehead atoms. The molecule has 1 aliphatic rings. The first-order valence-electron chi connectivity index (χ1n) is 7.68. The van der Waals surface area contributed by atoms with E-state index in [0.717, 1.165) is 24.8 Å². The van der Waals surface area contributed by atoms with Gasteiger partial charge in [-0.1, -0.05) is 20.8 Å². The summed E-state index contributed by atoms with van der Waals surface area (Å²) in [7, 11) is 0. The van der Waals surface area contributed by atoms with Crippen molar-refractivity contribution >= 4 is 28.2 Å². The number of rotatable bonds is 4. The predicted molar refractivity (Wildman–Crippen MR) is 90.1 cm³/mol. The molecule has 122 valence electrons. The van der Waals surface area contributed by atoms with Crippen LogP contribution in [0.4, 0.5) is 5.00 Å². The highest BCUT2D eigenvalue weighted by Gasteiger charge is 2.33. The zero-order valence-electron chi connectivity index (χ0n) is 13.5. The zero-order chi connectivity index (χ0) is 16.5. The zero-order valence-corrected chi connectivity index (χ0v) is 14.3. The molecule has 1 unspecified atom stereocenters. The molecule has 0 saturated carbocycles. The van der Waals surface area contributed by atoms with Gasteiger partial charge in [0.25, 0.3) is 5.91 Å². The summed E-state index contributed by atoms with van der Waals surface area (Å²) in [6.45, 7) is 7.02. The quantitative estimate of drug-likeness (QED) is 0.792. The van der Waals surface area contributed by atoms with Gasteiger partial charge in [-0.3, -0.25) is 9.59 Å². The van der Waals surface area contributed by atoms with E-state index in [1.165, 1.54) is 16.2 Å². The van der Waals surface area contributed by atoms with E-state index in [-0.39, 0.29) is 24.3 Å². The van der Waals surface area contributed by atoms with Gasteiger partial charge in [0.1, 0.15) is 5.00 Å². The van der Waals surface area contributed by atoms with Crippen LogP contribution < -0.4 is 16.8 Å². The molecule has 1 aliphatic carbocycles. The summed E-state index contributed by atoms with van der Waals surface area (Å²) in [5.41, 5.74) is 12.7. The summed E-state index contributed by atoms with van der Waals surface area (Å²) in [6, 6.07) is 0. The monoisotopic (exact) mass is 323 g/mol. The van der Waals surface area contributed by atoms with Crippen molar-refractivity contribution in [1.82, 2.24) is 0 Å². The molecule has 1 aromatic heterocycles. The Morgan fingerprint density at radius 1 is 1.36 bits per heavy atom. The lowest BCUT2D eigenvalue weighted by atomic mass is 9.72. The van der Waals surface area contributed by atoms with Crippen molar-refractivity contribution in [3.63, 3.8) is 0 Å². The van der Waals surface area contributed by atoms with E-state index in [9.17, 15) is 9.59 Å². The fraction of sp³-hybridized carbons (Fsp3) is 0.625. The fourth-order valence-corrected chi connectivity index (χ4v) is 4.34. The normalized spacial score (nSPS) is 17.9. The van der Waals surface area contributed by atoms with Crippen LogP contribution in [-0.4, -0.2) is 18.4 Å². The maximum Gasteiger partial charge on any atom is 0.251 e. The Bertz CT molecular complexity index is 587. The number of amides is 2. The summed E-state index contributed by atoms with van der Waals surface area (Å²) < 4.78 is 0. The molecule has 0 fully saturated rings. The molecule has 1 aromatic rings. The van der Waals surface area contributed by atoms with Crippen LogP contribution in [-0.2, 0) is 17.6 Å². The van der Waals surface area contributed by atoms with Gasteiger partial charge in [0.2, 0.25) is 5.91 Å². The minimum atomic E-state index is -0.463. The summed E-state index contributed by atoms with van der Waals surface area (Å²) in [4.78, 5) is 24.8. The van der Waals surface area contributed by atoms with Crippen LogP contribution in [0.3, 0.4) is 0 Å². The standard InChI is InChI=1S/C16H25N3O2S/c1-16(2,3)9-4-5-10-11(8-9)22-15(13(10)14(18)21)19-12(20)6-7-17/h9H,4-8,17H2,1-3H3,(H2,18,21)(H,19,20). The molecule has 6 heteroatoms. The summed E-state index contributed by atoms with van der Waals surface area (Å²) in [5, 5.41) is 3.39. The van der Waals surface area contributed by atoms with E-state index in [4.69, 9.17) is 11.5 Å². The highest BCUT2D eigenvalue weighted by molar-refractivity contribution is 7.17. The van der Waals surface area contributed by atoms with Gasteiger partial charge in [-0.15, -0.1) is 11.3 Å². The lowest BCUT2D eigenvalue weighted by molar-refractivity contribution is -0.116. The summed E-state index contributed by atoms with van der Waals surface area (Å²) in [6.07, 6.45) is 3.07. The third kappa shape index (κ3) is 3.50. The highest BCUT2D eigenvalue weighted by atomic mass is 32.1. The molecule has 0 spiro atoms. The minimum absolute atomic E-state index is 0.170. The Morgan fingerprint density at radius 3 is 2.59 bits per heavy atom. The molecular weight excluding hydrogens is 298 g/mol. The second-order valence-corrected chi connectivity index (χ2v) is 8.07. The first-order valence-corrected chi connectivity index (χ1v) is 8.50. The van der Waals surface area contributed by atoms with E-state index >= 15 is 0 Å². The van der Waals surface area contributed by atoms with Crippen LogP contribution >= 0.6 is 11.3 Å². The number of nitrogens with two attached hydrogens (primary N) is 2. The van der Waals surface area contributed by atoms with Crippen LogP contribution in [0, 0.1) is 11.3 Å². The van der Waals surface area contributed by atoms with Crippen LogP contribution in [0.15, 0.2) is 0 Å². The number of carbonyl (C=O) groups is 2. The van der Waals surface area contributed by atoms with Gasteiger partial charge in [-0.2, -0.15) is 0 Å². The molecular formula is C16H25N3O2S. The third-order valence-electron chi connectivity index (χ3n) is 4.36. The molecule has 0 saturated heterocycles. The molecule has 5 nitrogen and oxygen atoms in total. The van der Waals surface area contributed by atoms with Gasteiger partial charge >= 0.3 is 0 Å². The van der Waals surface area contributed by atoms with Crippen molar-refractivity contribution < 1.29 is 9.59 Å². The number of hydrogen-bond acceptors (Lipinski definition) is 4. The van der Waals surface area contributed by atoms with Gasteiger partial charge < -0.3 is 16.8 Å². The second kappa shape index (κ2) is 6.38. The van der Waals surface area contributed by atoms with E-state index in [1.54, 1.807) is 0 Å². The third-order valence-corrected chi connectivity index (χ3v) is 5.53. The topological polar surface area (TPSA) is 98.2 Å². The Morgan fingerprint density at radius 2 is 2.05 bits per heavy atom. The maximum absolute atomic E-state index is 11.8. The number of anilines is 1. The van der Waals surface area contributed by atoms with Crippen LogP contribution in [0.5, 0.6) is 0 Å². The van der Waals surface area contributed by atoms with E-state index in [1.807, 2.05) is 0 Å². The number of nitrogens with one attached hydrogen (secondary N) is 1. The lowest BCUT2D eigenvalue weighted by Crippen LogP contribution is -2.27. The minimum Gasteiger partial charge on any atom is -0.365 e. The first-order chi connectivity index (χ1) is 10.2. The molecule has 5 N–H and O–H groups in total. The molecule has 0 aromatic carbocycles. The van der Waals surface area contributed by atoms with Crippen molar-refractivity contribution in [3.8, 4) is 0 Å². The molecule has 2 amide bonds. The second-order valence-electron chi connectivity index (χ2n) is 6.96. The van der Waals surface area contributed by atoms with E-state index in [2.05, 4.69) is 26.1 Å².